The molecule has 10 heteroatoms. The van der Waals surface area contributed by atoms with Gasteiger partial charge in [-0.1, -0.05) is 17.3 Å². The Morgan fingerprint density at radius 1 is 1.17 bits per heavy atom. The van der Waals surface area contributed by atoms with Crippen LogP contribution in [0.4, 0.5) is 0 Å². The molecule has 10 nitrogen and oxygen atoms in total. The molecule has 0 radical (unpaired) electrons. The molecule has 0 unspecified atom stereocenters. The molecule has 1 N–H and O–H groups in total. The van der Waals surface area contributed by atoms with Crippen molar-refractivity contribution >= 4 is 22.7 Å². The van der Waals surface area contributed by atoms with Crippen molar-refractivity contribution in [3.05, 3.63) is 65.2 Å². The maximum Gasteiger partial charge on any atom is 0.251 e. The summed E-state index contributed by atoms with van der Waals surface area (Å²) in [7, 11) is 1.91. The highest BCUT2D eigenvalue weighted by atomic mass is 16.5. The van der Waals surface area contributed by atoms with Gasteiger partial charge in [-0.3, -0.25) is 14.3 Å². The minimum absolute atomic E-state index is 0.0752. The normalized spacial score (nSPS) is 14.1. The van der Waals surface area contributed by atoms with Gasteiger partial charge >= 0.3 is 0 Å². The average Bonchev–Trinajstić information content (AvgIpc) is 3.52. The Balaban J connectivity index is 1.16. The van der Waals surface area contributed by atoms with E-state index in [-0.39, 0.29) is 24.3 Å². The number of fused-ring (bicyclic) bond motifs is 1. The molecule has 2 aromatic carbocycles. The summed E-state index contributed by atoms with van der Waals surface area (Å²) in [5.74, 6) is 0.704. The van der Waals surface area contributed by atoms with Crippen molar-refractivity contribution in [2.45, 2.75) is 25.7 Å². The predicted molar refractivity (Wildman–Crippen MR) is 131 cm³/mol. The molecule has 1 aliphatic heterocycles. The number of aryl methyl sites for hydroxylation is 2. The van der Waals surface area contributed by atoms with Crippen molar-refractivity contribution in [2.24, 2.45) is 7.05 Å². The first-order valence-electron chi connectivity index (χ1n) is 11.8. The van der Waals surface area contributed by atoms with Crippen LogP contribution in [0.1, 0.15) is 46.3 Å². The van der Waals surface area contributed by atoms with Gasteiger partial charge in [0.2, 0.25) is 17.6 Å². The van der Waals surface area contributed by atoms with E-state index < -0.39 is 0 Å². The number of nitrogens with one attached hydrogen (secondary N) is 1. The lowest BCUT2D eigenvalue weighted by atomic mass is 9.96. The minimum atomic E-state index is -0.347. The zero-order valence-electron chi connectivity index (χ0n) is 20.1. The fourth-order valence-electron chi connectivity index (χ4n) is 4.54. The maximum atomic E-state index is 12.6. The number of carbonyl (C=O) groups is 2. The number of rotatable bonds is 5. The van der Waals surface area contributed by atoms with Crippen molar-refractivity contribution in [3.8, 4) is 17.5 Å². The van der Waals surface area contributed by atoms with Gasteiger partial charge in [-0.25, -0.2) is 0 Å². The van der Waals surface area contributed by atoms with E-state index in [9.17, 15) is 9.59 Å². The molecule has 5 rings (SSSR count). The number of hydrogen-bond acceptors (Lipinski definition) is 7. The third-order valence-corrected chi connectivity index (χ3v) is 6.61. The fourth-order valence-corrected chi connectivity index (χ4v) is 4.54. The van der Waals surface area contributed by atoms with Crippen LogP contribution in [0.15, 0.2) is 47.0 Å². The number of benzene rings is 2. The molecular formula is C26H25N7O3. The summed E-state index contributed by atoms with van der Waals surface area (Å²) in [5.41, 5.74) is 3.73. The van der Waals surface area contributed by atoms with E-state index in [0.29, 0.717) is 48.8 Å². The molecule has 2 aromatic heterocycles. The Morgan fingerprint density at radius 2 is 1.92 bits per heavy atom. The number of likely N-dealkylation sites (tertiary alicyclic amines) is 1. The van der Waals surface area contributed by atoms with Crippen molar-refractivity contribution in [2.75, 3.05) is 19.6 Å². The van der Waals surface area contributed by atoms with E-state index in [2.05, 4.69) is 20.6 Å². The third kappa shape index (κ3) is 4.55. The van der Waals surface area contributed by atoms with Crippen LogP contribution < -0.4 is 5.32 Å². The van der Waals surface area contributed by atoms with Crippen LogP contribution in [0.2, 0.25) is 0 Å². The summed E-state index contributed by atoms with van der Waals surface area (Å²) >= 11 is 0. The minimum Gasteiger partial charge on any atom is -0.343 e. The molecule has 1 saturated heterocycles. The molecule has 0 atom stereocenters. The Morgan fingerprint density at radius 3 is 2.64 bits per heavy atom. The Bertz CT molecular complexity index is 1470. The zero-order valence-corrected chi connectivity index (χ0v) is 20.1. The van der Waals surface area contributed by atoms with Gasteiger partial charge in [0.05, 0.1) is 29.4 Å². The Kier molecular flexibility index (Phi) is 6.21. The lowest BCUT2D eigenvalue weighted by molar-refractivity contribution is -0.131. The molecule has 0 bridgehead atoms. The quantitative estimate of drug-likeness (QED) is 0.462. The summed E-state index contributed by atoms with van der Waals surface area (Å²) in [4.78, 5) is 31.3. The van der Waals surface area contributed by atoms with Crippen LogP contribution in [-0.2, 0) is 11.8 Å². The standard InChI is InChI=1S/C26H25N7O3/c1-16-21-8-7-20(13-22(21)32(2)30-16)24-29-26(36-31-24)19-9-11-33(12-10-19)23(34)15-28-25(35)18-5-3-17(14-27)4-6-18/h3-8,13,19H,9-12,15H2,1-2H3,(H,28,35). The van der Waals surface area contributed by atoms with Gasteiger partial charge in [0.1, 0.15) is 0 Å². The number of nitriles is 1. The predicted octanol–water partition coefficient (Wildman–Crippen LogP) is 2.94. The molecule has 1 fully saturated rings. The molecule has 36 heavy (non-hydrogen) atoms. The molecule has 3 heterocycles. The molecule has 0 spiro atoms. The van der Waals surface area contributed by atoms with Crippen LogP contribution in [0.3, 0.4) is 0 Å². The van der Waals surface area contributed by atoms with Gasteiger partial charge in [0, 0.05) is 42.6 Å². The number of aromatic nitrogens is 4. The van der Waals surface area contributed by atoms with Gasteiger partial charge in [0.25, 0.3) is 5.91 Å². The van der Waals surface area contributed by atoms with Gasteiger partial charge in [-0.15, -0.1) is 0 Å². The first kappa shape index (κ1) is 23.2. The number of hydrogen-bond donors (Lipinski definition) is 1. The summed E-state index contributed by atoms with van der Waals surface area (Å²) < 4.78 is 7.42. The number of carbonyl (C=O) groups excluding carboxylic acids is 2. The summed E-state index contributed by atoms with van der Waals surface area (Å²) in [6, 6.07) is 14.3. The molecule has 0 saturated carbocycles. The van der Waals surface area contributed by atoms with Crippen LogP contribution >= 0.6 is 0 Å². The molecule has 1 aliphatic rings. The lowest BCUT2D eigenvalue weighted by Crippen LogP contribution is -2.43. The molecule has 2 amide bonds. The number of amides is 2. The highest BCUT2D eigenvalue weighted by Crippen LogP contribution is 2.30. The lowest BCUT2D eigenvalue weighted by Gasteiger charge is -2.30. The Labute approximate surface area is 207 Å². The van der Waals surface area contributed by atoms with Gasteiger partial charge in [-0.2, -0.15) is 15.3 Å². The van der Waals surface area contributed by atoms with E-state index in [1.807, 2.05) is 42.9 Å². The van der Waals surface area contributed by atoms with Crippen molar-refractivity contribution in [1.82, 2.24) is 30.1 Å². The van der Waals surface area contributed by atoms with Crippen molar-refractivity contribution < 1.29 is 14.1 Å². The van der Waals surface area contributed by atoms with Crippen LogP contribution in [0.5, 0.6) is 0 Å². The molecule has 182 valence electrons. The summed E-state index contributed by atoms with van der Waals surface area (Å²) in [6.07, 6.45) is 1.41. The van der Waals surface area contributed by atoms with Crippen LogP contribution in [-0.4, -0.2) is 56.3 Å². The first-order chi connectivity index (χ1) is 17.4. The fraction of sp³-hybridized carbons (Fsp3) is 0.308. The van der Waals surface area contributed by atoms with Gasteiger partial charge < -0.3 is 14.7 Å². The monoisotopic (exact) mass is 483 g/mol. The largest absolute Gasteiger partial charge is 0.343 e. The molecule has 0 aliphatic carbocycles. The van der Waals surface area contributed by atoms with Crippen LogP contribution in [0, 0.1) is 18.3 Å². The van der Waals surface area contributed by atoms with Crippen LogP contribution in [0.25, 0.3) is 22.3 Å². The topological polar surface area (TPSA) is 130 Å². The highest BCUT2D eigenvalue weighted by molar-refractivity contribution is 5.96. The second-order valence-electron chi connectivity index (χ2n) is 8.92. The smallest absolute Gasteiger partial charge is 0.251 e. The zero-order chi connectivity index (χ0) is 25.2. The second kappa shape index (κ2) is 9.62. The summed E-state index contributed by atoms with van der Waals surface area (Å²) in [6.45, 7) is 3.00. The van der Waals surface area contributed by atoms with Gasteiger partial charge in [0.15, 0.2) is 0 Å². The third-order valence-electron chi connectivity index (χ3n) is 6.61. The first-order valence-corrected chi connectivity index (χ1v) is 11.8. The molecule has 4 aromatic rings. The SMILES string of the molecule is Cc1nn(C)c2cc(-c3noc(C4CCN(C(=O)CNC(=O)c5ccc(C#N)cc5)CC4)n3)ccc12. The van der Waals surface area contributed by atoms with E-state index in [1.54, 1.807) is 29.2 Å². The van der Waals surface area contributed by atoms with E-state index in [1.165, 1.54) is 0 Å². The van der Waals surface area contributed by atoms with E-state index in [4.69, 9.17) is 9.78 Å². The maximum absolute atomic E-state index is 12.6. The van der Waals surface area contributed by atoms with Crippen molar-refractivity contribution in [3.63, 3.8) is 0 Å². The summed E-state index contributed by atoms with van der Waals surface area (Å²) in [5, 5.41) is 21.3. The van der Waals surface area contributed by atoms with E-state index >= 15 is 0 Å². The number of nitrogens with zero attached hydrogens (tertiary/aromatic N) is 6. The van der Waals surface area contributed by atoms with Gasteiger partial charge in [-0.05, 0) is 50.1 Å². The van der Waals surface area contributed by atoms with E-state index in [0.717, 1.165) is 22.2 Å². The highest BCUT2D eigenvalue weighted by Gasteiger charge is 2.28. The number of piperidine rings is 1. The second-order valence-corrected chi connectivity index (χ2v) is 8.92. The Hall–Kier alpha value is -4.52. The molecular weight excluding hydrogens is 458 g/mol. The average molecular weight is 484 g/mol. The van der Waals surface area contributed by atoms with Crippen molar-refractivity contribution in [1.29, 1.82) is 5.26 Å².